The average Bonchev–Trinajstić information content (AvgIpc) is 2.96. The summed E-state index contributed by atoms with van der Waals surface area (Å²) in [5, 5.41) is 6.17. The maximum absolute atomic E-state index is 12.3. The first-order chi connectivity index (χ1) is 10.6. The average molecular weight is 298 g/mol. The Balaban J connectivity index is 1.68. The number of carbonyl (C=O) groups excluding carboxylic acids is 1. The number of fused-ring (bicyclic) bond motifs is 1. The van der Waals surface area contributed by atoms with Crippen LogP contribution in [0.4, 0.5) is 11.4 Å². The molecule has 5 heteroatoms. The van der Waals surface area contributed by atoms with E-state index in [1.807, 2.05) is 24.3 Å². The molecule has 0 spiro atoms. The zero-order chi connectivity index (χ0) is 15.5. The molecular formula is C17H18N2O3. The number of hydrogen-bond donors (Lipinski definition) is 2. The van der Waals surface area contributed by atoms with Gasteiger partial charge in [0.15, 0.2) is 11.5 Å². The molecule has 2 aromatic carbocycles. The quantitative estimate of drug-likeness (QED) is 0.907. The predicted molar refractivity (Wildman–Crippen MR) is 85.7 cm³/mol. The zero-order valence-corrected chi connectivity index (χ0v) is 12.6. The number of rotatable bonds is 4. The Morgan fingerprint density at radius 1 is 1.00 bits per heavy atom. The summed E-state index contributed by atoms with van der Waals surface area (Å²) in [6.45, 7) is 4.36. The Morgan fingerprint density at radius 2 is 1.68 bits per heavy atom. The lowest BCUT2D eigenvalue weighted by Gasteiger charge is -2.11. The summed E-state index contributed by atoms with van der Waals surface area (Å²) in [4.78, 5) is 12.3. The first-order valence-corrected chi connectivity index (χ1v) is 7.19. The van der Waals surface area contributed by atoms with E-state index in [4.69, 9.17) is 9.47 Å². The lowest BCUT2D eigenvalue weighted by atomic mass is 10.2. The highest BCUT2D eigenvalue weighted by Gasteiger charge is 2.16. The molecule has 0 bridgehead atoms. The third-order valence-electron chi connectivity index (χ3n) is 3.23. The zero-order valence-electron chi connectivity index (χ0n) is 12.6. The van der Waals surface area contributed by atoms with Crippen LogP contribution in [0.2, 0.25) is 0 Å². The summed E-state index contributed by atoms with van der Waals surface area (Å²) in [5.41, 5.74) is 2.31. The number of amides is 1. The number of carbonyl (C=O) groups is 1. The van der Waals surface area contributed by atoms with Crippen LogP contribution in [0.5, 0.6) is 11.5 Å². The van der Waals surface area contributed by atoms with Crippen LogP contribution in [-0.4, -0.2) is 18.7 Å². The minimum Gasteiger partial charge on any atom is -0.454 e. The summed E-state index contributed by atoms with van der Waals surface area (Å²) >= 11 is 0. The van der Waals surface area contributed by atoms with Gasteiger partial charge >= 0.3 is 0 Å². The smallest absolute Gasteiger partial charge is 0.255 e. The molecule has 114 valence electrons. The van der Waals surface area contributed by atoms with Crippen molar-refractivity contribution < 1.29 is 14.3 Å². The largest absolute Gasteiger partial charge is 0.454 e. The normalized spacial score (nSPS) is 12.3. The van der Waals surface area contributed by atoms with Crippen LogP contribution in [0.15, 0.2) is 42.5 Å². The van der Waals surface area contributed by atoms with Crippen molar-refractivity contribution >= 4 is 17.3 Å². The summed E-state index contributed by atoms with van der Waals surface area (Å²) in [6, 6.07) is 13.1. The van der Waals surface area contributed by atoms with Crippen molar-refractivity contribution in [1.29, 1.82) is 0 Å². The molecule has 5 nitrogen and oxygen atoms in total. The molecule has 0 unspecified atom stereocenters. The van der Waals surface area contributed by atoms with Crippen LogP contribution in [0.1, 0.15) is 24.2 Å². The van der Waals surface area contributed by atoms with Crippen molar-refractivity contribution in [1.82, 2.24) is 0 Å². The van der Waals surface area contributed by atoms with Gasteiger partial charge in [0.05, 0.1) is 0 Å². The minimum absolute atomic E-state index is 0.178. The first kappa shape index (κ1) is 14.3. The van der Waals surface area contributed by atoms with E-state index in [1.54, 1.807) is 18.2 Å². The molecule has 0 saturated heterocycles. The molecule has 1 heterocycles. The predicted octanol–water partition coefficient (Wildman–Crippen LogP) is 3.49. The van der Waals surface area contributed by atoms with Gasteiger partial charge in [-0.25, -0.2) is 0 Å². The number of hydrogen-bond acceptors (Lipinski definition) is 4. The van der Waals surface area contributed by atoms with Crippen LogP contribution < -0.4 is 20.1 Å². The SMILES string of the molecule is CC(C)Nc1ccc(NC(=O)c2ccc3c(c2)OCO3)cc1. The second-order valence-corrected chi connectivity index (χ2v) is 5.40. The van der Waals surface area contributed by atoms with Gasteiger partial charge in [-0.2, -0.15) is 0 Å². The highest BCUT2D eigenvalue weighted by Crippen LogP contribution is 2.32. The maximum Gasteiger partial charge on any atom is 0.255 e. The molecule has 22 heavy (non-hydrogen) atoms. The minimum atomic E-state index is -0.178. The van der Waals surface area contributed by atoms with E-state index in [9.17, 15) is 4.79 Å². The summed E-state index contributed by atoms with van der Waals surface area (Å²) < 4.78 is 10.5. The van der Waals surface area contributed by atoms with Crippen LogP contribution in [-0.2, 0) is 0 Å². The van der Waals surface area contributed by atoms with Crippen LogP contribution >= 0.6 is 0 Å². The Labute approximate surface area is 129 Å². The standard InChI is InChI=1S/C17H18N2O3/c1-11(2)18-13-4-6-14(7-5-13)19-17(20)12-3-8-15-16(9-12)22-10-21-15/h3-9,11,18H,10H2,1-2H3,(H,19,20). The topological polar surface area (TPSA) is 59.6 Å². The van der Waals surface area contributed by atoms with Crippen molar-refractivity contribution in [3.05, 3.63) is 48.0 Å². The highest BCUT2D eigenvalue weighted by molar-refractivity contribution is 6.04. The van der Waals surface area contributed by atoms with Gasteiger partial charge in [-0.1, -0.05) is 0 Å². The van der Waals surface area contributed by atoms with Crippen molar-refractivity contribution in [2.75, 3.05) is 17.4 Å². The number of nitrogens with one attached hydrogen (secondary N) is 2. The Kier molecular flexibility index (Phi) is 3.87. The maximum atomic E-state index is 12.3. The molecular weight excluding hydrogens is 280 g/mol. The molecule has 0 saturated carbocycles. The van der Waals surface area contributed by atoms with E-state index < -0.39 is 0 Å². The van der Waals surface area contributed by atoms with E-state index in [-0.39, 0.29) is 12.7 Å². The van der Waals surface area contributed by atoms with Gasteiger partial charge in [-0.15, -0.1) is 0 Å². The lowest BCUT2D eigenvalue weighted by Crippen LogP contribution is -2.12. The molecule has 0 aromatic heterocycles. The van der Waals surface area contributed by atoms with Gasteiger partial charge in [0.25, 0.3) is 5.91 Å². The van der Waals surface area contributed by atoms with Gasteiger partial charge in [-0.3, -0.25) is 4.79 Å². The number of ether oxygens (including phenoxy) is 2. The fourth-order valence-electron chi connectivity index (χ4n) is 2.22. The fraction of sp³-hybridized carbons (Fsp3) is 0.235. The Bertz CT molecular complexity index is 681. The van der Waals surface area contributed by atoms with Crippen LogP contribution in [0.25, 0.3) is 0 Å². The molecule has 0 fully saturated rings. The highest BCUT2D eigenvalue weighted by atomic mass is 16.7. The van der Waals surface area contributed by atoms with Gasteiger partial charge in [0, 0.05) is 23.0 Å². The first-order valence-electron chi connectivity index (χ1n) is 7.19. The van der Waals surface area contributed by atoms with Crippen molar-refractivity contribution in [2.45, 2.75) is 19.9 Å². The van der Waals surface area contributed by atoms with E-state index in [0.717, 1.165) is 11.4 Å². The third kappa shape index (κ3) is 3.14. The molecule has 0 aliphatic carbocycles. The fourth-order valence-corrected chi connectivity index (χ4v) is 2.22. The summed E-state index contributed by atoms with van der Waals surface area (Å²) in [7, 11) is 0. The molecule has 1 amide bonds. The molecule has 1 aliphatic heterocycles. The Hall–Kier alpha value is -2.69. The van der Waals surface area contributed by atoms with Gasteiger partial charge < -0.3 is 20.1 Å². The molecule has 1 aliphatic rings. The van der Waals surface area contributed by atoms with Crippen molar-refractivity contribution in [2.24, 2.45) is 0 Å². The van der Waals surface area contributed by atoms with E-state index in [2.05, 4.69) is 24.5 Å². The third-order valence-corrected chi connectivity index (χ3v) is 3.23. The second kappa shape index (κ2) is 5.97. The van der Waals surface area contributed by atoms with E-state index in [0.29, 0.717) is 23.1 Å². The number of anilines is 2. The molecule has 0 radical (unpaired) electrons. The molecule has 3 rings (SSSR count). The lowest BCUT2D eigenvalue weighted by molar-refractivity contribution is 0.102. The molecule has 2 N–H and O–H groups in total. The Morgan fingerprint density at radius 3 is 2.41 bits per heavy atom. The monoisotopic (exact) mass is 298 g/mol. The van der Waals surface area contributed by atoms with E-state index >= 15 is 0 Å². The summed E-state index contributed by atoms with van der Waals surface area (Å²) in [5.74, 6) is 1.09. The molecule has 0 atom stereocenters. The van der Waals surface area contributed by atoms with Gasteiger partial charge in [-0.05, 0) is 56.3 Å². The van der Waals surface area contributed by atoms with Gasteiger partial charge in [0.1, 0.15) is 0 Å². The van der Waals surface area contributed by atoms with Crippen LogP contribution in [0, 0.1) is 0 Å². The van der Waals surface area contributed by atoms with Gasteiger partial charge in [0.2, 0.25) is 6.79 Å². The second-order valence-electron chi connectivity index (χ2n) is 5.40. The molecule has 2 aromatic rings. The van der Waals surface area contributed by atoms with Crippen molar-refractivity contribution in [3.8, 4) is 11.5 Å². The number of benzene rings is 2. The van der Waals surface area contributed by atoms with Crippen LogP contribution in [0.3, 0.4) is 0 Å². The summed E-state index contributed by atoms with van der Waals surface area (Å²) in [6.07, 6.45) is 0. The van der Waals surface area contributed by atoms with E-state index in [1.165, 1.54) is 0 Å². The van der Waals surface area contributed by atoms with Crippen molar-refractivity contribution in [3.63, 3.8) is 0 Å².